The number of likely N-dealkylation sites (tertiary alicyclic amines) is 1. The standard InChI is InChI=1S/C21H26N2O3/c1-26-19-9-7-18(8-10-19)22-20(24)23-13-15-11-21(25,12-16(15)14-23)17-5-3-2-4-6-17/h2-10,15-16,20,22,24-25H,11-14H2,1H3/t15-,16+,20?,21-. The van der Waals surface area contributed by atoms with E-state index in [1.54, 1.807) is 7.11 Å². The van der Waals surface area contributed by atoms with E-state index in [0.29, 0.717) is 11.8 Å². The van der Waals surface area contributed by atoms with E-state index in [4.69, 9.17) is 4.74 Å². The zero-order chi connectivity index (χ0) is 18.1. The Morgan fingerprint density at radius 3 is 2.23 bits per heavy atom. The Kier molecular flexibility index (Phi) is 4.61. The van der Waals surface area contributed by atoms with E-state index < -0.39 is 12.0 Å². The van der Waals surface area contributed by atoms with Gasteiger partial charge in [0.2, 0.25) is 0 Å². The van der Waals surface area contributed by atoms with Crippen molar-refractivity contribution in [2.24, 2.45) is 11.8 Å². The number of methoxy groups -OCH3 is 1. The van der Waals surface area contributed by atoms with Gasteiger partial charge in [-0.3, -0.25) is 4.90 Å². The van der Waals surface area contributed by atoms with Crippen LogP contribution in [0.2, 0.25) is 0 Å². The fourth-order valence-corrected chi connectivity index (χ4v) is 4.50. The van der Waals surface area contributed by atoms with Crippen molar-refractivity contribution >= 4 is 5.69 Å². The average Bonchev–Trinajstić information content (AvgIpc) is 3.19. The van der Waals surface area contributed by atoms with Crippen LogP contribution in [0.15, 0.2) is 54.6 Å². The van der Waals surface area contributed by atoms with Gasteiger partial charge in [-0.05, 0) is 54.5 Å². The van der Waals surface area contributed by atoms with E-state index in [9.17, 15) is 10.2 Å². The number of hydrogen-bond donors (Lipinski definition) is 3. The van der Waals surface area contributed by atoms with Crippen molar-refractivity contribution in [3.63, 3.8) is 0 Å². The summed E-state index contributed by atoms with van der Waals surface area (Å²) in [6.07, 6.45) is 0.791. The number of ether oxygens (including phenoxy) is 1. The second kappa shape index (κ2) is 6.91. The first-order chi connectivity index (χ1) is 12.6. The molecule has 0 amide bonds. The Bertz CT molecular complexity index is 721. The van der Waals surface area contributed by atoms with Gasteiger partial charge in [0.05, 0.1) is 12.7 Å². The zero-order valence-corrected chi connectivity index (χ0v) is 15.0. The quantitative estimate of drug-likeness (QED) is 0.721. The van der Waals surface area contributed by atoms with Crippen molar-refractivity contribution in [1.82, 2.24) is 4.90 Å². The number of aliphatic hydroxyl groups excluding tert-OH is 1. The summed E-state index contributed by atoms with van der Waals surface area (Å²) in [6, 6.07) is 17.5. The number of fused-ring (bicyclic) bond motifs is 1. The smallest absolute Gasteiger partial charge is 0.184 e. The molecule has 1 aliphatic heterocycles. The Morgan fingerprint density at radius 1 is 1.04 bits per heavy atom. The molecule has 2 aliphatic rings. The Hall–Kier alpha value is -2.08. The lowest BCUT2D eigenvalue weighted by Gasteiger charge is -2.29. The highest BCUT2D eigenvalue weighted by Gasteiger charge is 2.49. The minimum Gasteiger partial charge on any atom is -0.497 e. The van der Waals surface area contributed by atoms with Crippen molar-refractivity contribution in [2.45, 2.75) is 24.8 Å². The van der Waals surface area contributed by atoms with Gasteiger partial charge < -0.3 is 20.3 Å². The van der Waals surface area contributed by atoms with Gasteiger partial charge in [-0.15, -0.1) is 0 Å². The Balaban J connectivity index is 1.36. The topological polar surface area (TPSA) is 65.0 Å². The maximum Gasteiger partial charge on any atom is 0.184 e. The fraction of sp³-hybridized carbons (Fsp3) is 0.429. The number of hydrogen-bond acceptors (Lipinski definition) is 5. The van der Waals surface area contributed by atoms with Crippen LogP contribution in [-0.2, 0) is 5.60 Å². The molecule has 26 heavy (non-hydrogen) atoms. The highest BCUT2D eigenvalue weighted by molar-refractivity contribution is 5.46. The third-order valence-corrected chi connectivity index (χ3v) is 5.85. The SMILES string of the molecule is COc1ccc(NC(O)N2C[C@@H]3C[C@@](O)(c4ccccc4)C[C@@H]3C2)cc1. The lowest BCUT2D eigenvalue weighted by atomic mass is 9.90. The number of anilines is 1. The number of nitrogens with one attached hydrogen (secondary N) is 1. The third kappa shape index (κ3) is 3.30. The lowest BCUT2D eigenvalue weighted by molar-refractivity contribution is 0.00747. The van der Waals surface area contributed by atoms with Gasteiger partial charge in [-0.2, -0.15) is 0 Å². The summed E-state index contributed by atoms with van der Waals surface area (Å²) in [4.78, 5) is 2.06. The van der Waals surface area contributed by atoms with Gasteiger partial charge in [-0.25, -0.2) is 0 Å². The Labute approximate surface area is 154 Å². The van der Waals surface area contributed by atoms with Gasteiger partial charge in [0.15, 0.2) is 6.35 Å². The predicted octanol–water partition coefficient (Wildman–Crippen LogP) is 2.61. The van der Waals surface area contributed by atoms with E-state index in [1.165, 1.54) is 0 Å². The molecular weight excluding hydrogens is 328 g/mol. The summed E-state index contributed by atoms with van der Waals surface area (Å²) < 4.78 is 5.16. The Morgan fingerprint density at radius 2 is 1.65 bits per heavy atom. The largest absolute Gasteiger partial charge is 0.497 e. The first-order valence-electron chi connectivity index (χ1n) is 9.18. The molecular formula is C21H26N2O3. The highest BCUT2D eigenvalue weighted by Crippen LogP contribution is 2.49. The minimum atomic E-state index is -0.725. The summed E-state index contributed by atoms with van der Waals surface area (Å²) in [7, 11) is 1.64. The van der Waals surface area contributed by atoms with Gasteiger partial charge in [0.1, 0.15) is 5.75 Å². The number of aliphatic hydroxyl groups is 2. The van der Waals surface area contributed by atoms with Crippen LogP contribution >= 0.6 is 0 Å². The molecule has 3 N–H and O–H groups in total. The molecule has 138 valence electrons. The molecule has 2 aromatic carbocycles. The molecule has 0 spiro atoms. The van der Waals surface area contributed by atoms with Crippen LogP contribution in [0, 0.1) is 11.8 Å². The van der Waals surface area contributed by atoms with Crippen molar-refractivity contribution in [3.05, 3.63) is 60.2 Å². The van der Waals surface area contributed by atoms with E-state index in [0.717, 1.165) is 42.9 Å². The first-order valence-corrected chi connectivity index (χ1v) is 9.18. The van der Waals surface area contributed by atoms with Crippen LogP contribution in [-0.4, -0.2) is 41.7 Å². The van der Waals surface area contributed by atoms with E-state index in [2.05, 4.69) is 10.2 Å². The summed E-state index contributed by atoms with van der Waals surface area (Å²) in [5.41, 5.74) is 1.14. The third-order valence-electron chi connectivity index (χ3n) is 5.85. The van der Waals surface area contributed by atoms with Crippen molar-refractivity contribution in [2.75, 3.05) is 25.5 Å². The van der Waals surface area contributed by atoms with Crippen molar-refractivity contribution in [3.8, 4) is 5.75 Å². The molecule has 2 aromatic rings. The molecule has 0 bridgehead atoms. The van der Waals surface area contributed by atoms with Crippen LogP contribution in [0.4, 0.5) is 5.69 Å². The molecule has 1 heterocycles. The summed E-state index contributed by atoms with van der Waals surface area (Å²) in [6.45, 7) is 1.59. The summed E-state index contributed by atoms with van der Waals surface area (Å²) >= 11 is 0. The molecule has 4 rings (SSSR count). The fourth-order valence-electron chi connectivity index (χ4n) is 4.50. The van der Waals surface area contributed by atoms with Gasteiger partial charge in [0, 0.05) is 18.8 Å². The first kappa shape index (κ1) is 17.3. The maximum absolute atomic E-state index is 11.1. The van der Waals surface area contributed by atoms with Crippen LogP contribution in [0.3, 0.4) is 0 Å². The molecule has 5 nitrogen and oxygen atoms in total. The normalized spacial score (nSPS) is 29.3. The predicted molar refractivity (Wildman–Crippen MR) is 101 cm³/mol. The monoisotopic (exact) mass is 354 g/mol. The van der Waals surface area contributed by atoms with Crippen LogP contribution in [0.1, 0.15) is 18.4 Å². The lowest BCUT2D eigenvalue weighted by Crippen LogP contribution is -2.40. The molecule has 0 radical (unpaired) electrons. The van der Waals surface area contributed by atoms with Crippen LogP contribution < -0.4 is 10.1 Å². The van der Waals surface area contributed by atoms with Gasteiger partial charge in [0.25, 0.3) is 0 Å². The minimum absolute atomic E-state index is 0.410. The van der Waals surface area contributed by atoms with E-state index >= 15 is 0 Å². The molecule has 1 unspecified atom stereocenters. The highest BCUT2D eigenvalue weighted by atomic mass is 16.5. The van der Waals surface area contributed by atoms with E-state index in [-0.39, 0.29) is 0 Å². The second-order valence-corrected chi connectivity index (χ2v) is 7.53. The summed E-state index contributed by atoms with van der Waals surface area (Å²) in [5, 5.41) is 24.8. The number of benzene rings is 2. The second-order valence-electron chi connectivity index (χ2n) is 7.53. The maximum atomic E-state index is 11.1. The van der Waals surface area contributed by atoms with E-state index in [1.807, 2.05) is 54.6 Å². The molecule has 2 fully saturated rings. The van der Waals surface area contributed by atoms with Crippen LogP contribution in [0.5, 0.6) is 5.75 Å². The van der Waals surface area contributed by atoms with Crippen molar-refractivity contribution in [1.29, 1.82) is 0 Å². The molecule has 5 heteroatoms. The average molecular weight is 354 g/mol. The van der Waals surface area contributed by atoms with Gasteiger partial charge in [-0.1, -0.05) is 30.3 Å². The number of rotatable bonds is 5. The van der Waals surface area contributed by atoms with Crippen LogP contribution in [0.25, 0.3) is 0 Å². The van der Waals surface area contributed by atoms with Crippen molar-refractivity contribution < 1.29 is 14.9 Å². The molecule has 1 aliphatic carbocycles. The molecule has 1 saturated carbocycles. The number of nitrogens with zero attached hydrogens (tertiary/aromatic N) is 1. The van der Waals surface area contributed by atoms with Gasteiger partial charge >= 0.3 is 0 Å². The zero-order valence-electron chi connectivity index (χ0n) is 15.0. The molecule has 0 aromatic heterocycles. The molecule has 1 saturated heterocycles. The molecule has 4 atom stereocenters. The summed E-state index contributed by atoms with van der Waals surface area (Å²) in [5.74, 6) is 1.61.